The Morgan fingerprint density at radius 1 is 1.08 bits per heavy atom. The maximum atomic E-state index is 13.4. The summed E-state index contributed by atoms with van der Waals surface area (Å²) in [4.78, 5) is 22.7. The van der Waals surface area contributed by atoms with Gasteiger partial charge in [-0.1, -0.05) is 44.2 Å². The molecule has 11 heteroatoms. The predicted octanol–water partition coefficient (Wildman–Crippen LogP) is 3.74. The van der Waals surface area contributed by atoms with Crippen molar-refractivity contribution < 1.29 is 28.0 Å². The number of carbonyl (C=O) groups is 1. The van der Waals surface area contributed by atoms with E-state index in [2.05, 4.69) is 5.32 Å². The highest BCUT2D eigenvalue weighted by molar-refractivity contribution is 7.89. The molecule has 2 atom stereocenters. The Labute approximate surface area is 212 Å². The summed E-state index contributed by atoms with van der Waals surface area (Å²) in [6.45, 7) is 8.63. The van der Waals surface area contributed by atoms with Crippen molar-refractivity contribution in [3.63, 3.8) is 0 Å². The van der Waals surface area contributed by atoms with Crippen LogP contribution >= 0.6 is 0 Å². The van der Waals surface area contributed by atoms with Crippen LogP contribution in [0.25, 0.3) is 0 Å². The van der Waals surface area contributed by atoms with Crippen molar-refractivity contribution in [2.75, 3.05) is 13.1 Å². The smallest absolute Gasteiger partial charge is 0.407 e. The van der Waals surface area contributed by atoms with E-state index in [-0.39, 0.29) is 36.0 Å². The van der Waals surface area contributed by atoms with Gasteiger partial charge in [-0.15, -0.1) is 0 Å². The minimum atomic E-state index is -4.09. The summed E-state index contributed by atoms with van der Waals surface area (Å²) in [6, 6.07) is 12.9. The summed E-state index contributed by atoms with van der Waals surface area (Å²) in [5.41, 5.74) is -0.143. The zero-order valence-corrected chi connectivity index (χ0v) is 22.1. The molecule has 1 unspecified atom stereocenters. The van der Waals surface area contributed by atoms with Gasteiger partial charge >= 0.3 is 6.09 Å². The molecule has 0 fully saturated rings. The van der Waals surface area contributed by atoms with Crippen molar-refractivity contribution >= 4 is 21.8 Å². The van der Waals surface area contributed by atoms with Crippen molar-refractivity contribution in [1.82, 2.24) is 9.62 Å². The Morgan fingerprint density at radius 2 is 1.67 bits per heavy atom. The lowest BCUT2D eigenvalue weighted by Gasteiger charge is -2.31. The Balaban J connectivity index is 2.33. The van der Waals surface area contributed by atoms with Crippen molar-refractivity contribution in [2.45, 2.75) is 63.7 Å². The van der Waals surface area contributed by atoms with Gasteiger partial charge in [0.25, 0.3) is 5.69 Å². The number of nitrogens with one attached hydrogen (secondary N) is 1. The number of benzene rings is 2. The minimum absolute atomic E-state index is 0.0728. The van der Waals surface area contributed by atoms with Gasteiger partial charge in [0, 0.05) is 25.2 Å². The molecular weight excluding hydrogens is 486 g/mol. The number of aliphatic hydroxyl groups is 1. The summed E-state index contributed by atoms with van der Waals surface area (Å²) in [6.07, 6.45) is -1.76. The van der Waals surface area contributed by atoms with Crippen LogP contribution in [-0.4, -0.2) is 59.7 Å². The molecule has 0 saturated carbocycles. The third kappa shape index (κ3) is 8.89. The molecular formula is C25H35N3O7S. The number of carbonyl (C=O) groups excluding carboxylic acids is 1. The van der Waals surface area contributed by atoms with E-state index >= 15 is 0 Å². The van der Waals surface area contributed by atoms with Gasteiger partial charge in [0.1, 0.15) is 5.60 Å². The van der Waals surface area contributed by atoms with Crippen molar-refractivity contribution in [3.05, 3.63) is 70.3 Å². The minimum Gasteiger partial charge on any atom is -0.444 e. The highest BCUT2D eigenvalue weighted by Crippen LogP contribution is 2.22. The molecule has 2 rings (SSSR count). The van der Waals surface area contributed by atoms with E-state index < -0.39 is 38.8 Å². The van der Waals surface area contributed by atoms with Crippen molar-refractivity contribution in [2.24, 2.45) is 5.92 Å². The number of sulfonamides is 1. The molecule has 0 saturated heterocycles. The number of ether oxygens (including phenoxy) is 1. The number of hydrogen-bond acceptors (Lipinski definition) is 7. The molecule has 0 aliphatic carbocycles. The topological polar surface area (TPSA) is 139 Å². The van der Waals surface area contributed by atoms with E-state index in [0.717, 1.165) is 22.0 Å². The molecule has 1 amide bonds. The number of hydrogen-bond donors (Lipinski definition) is 2. The Morgan fingerprint density at radius 3 is 2.17 bits per heavy atom. The number of non-ortho nitro benzene ring substituents is 1. The van der Waals surface area contributed by atoms with Crippen LogP contribution in [0.1, 0.15) is 40.2 Å². The monoisotopic (exact) mass is 521 g/mol. The van der Waals surface area contributed by atoms with Crippen LogP contribution in [0.2, 0.25) is 0 Å². The van der Waals surface area contributed by atoms with Gasteiger partial charge < -0.3 is 15.2 Å². The second-order valence-electron chi connectivity index (χ2n) is 9.98. The number of nitro groups is 1. The van der Waals surface area contributed by atoms with Crippen LogP contribution < -0.4 is 5.32 Å². The van der Waals surface area contributed by atoms with Crippen LogP contribution in [0.3, 0.4) is 0 Å². The van der Waals surface area contributed by atoms with Gasteiger partial charge in [-0.25, -0.2) is 13.2 Å². The number of nitrogens with zero attached hydrogens (tertiary/aromatic N) is 2. The van der Waals surface area contributed by atoms with Gasteiger partial charge in [-0.05, 0) is 50.8 Å². The number of aliphatic hydroxyl groups excluding tert-OH is 1. The molecule has 10 nitrogen and oxygen atoms in total. The van der Waals surface area contributed by atoms with E-state index in [1.807, 2.05) is 44.2 Å². The van der Waals surface area contributed by atoms with E-state index in [1.54, 1.807) is 20.8 Å². The normalized spacial score (nSPS) is 13.9. The SMILES string of the molecule is CC(C)CN(C[C@@H](O)C(Cc1ccccc1)NC(=O)OC(C)(C)C)S(=O)(=O)c1ccc([N+](=O)[O-])cc1. The van der Waals surface area contributed by atoms with Crippen molar-refractivity contribution in [3.8, 4) is 0 Å². The highest BCUT2D eigenvalue weighted by atomic mass is 32.2. The van der Waals surface area contributed by atoms with Gasteiger partial charge in [0.05, 0.1) is 22.0 Å². The lowest BCUT2D eigenvalue weighted by molar-refractivity contribution is -0.384. The van der Waals surface area contributed by atoms with Crippen LogP contribution in [0.4, 0.5) is 10.5 Å². The molecule has 36 heavy (non-hydrogen) atoms. The zero-order valence-electron chi connectivity index (χ0n) is 21.2. The molecule has 2 aromatic rings. The molecule has 2 N–H and O–H groups in total. The van der Waals surface area contributed by atoms with Crippen LogP contribution in [0.5, 0.6) is 0 Å². The van der Waals surface area contributed by atoms with Gasteiger partial charge in [0.2, 0.25) is 10.0 Å². The lowest BCUT2D eigenvalue weighted by Crippen LogP contribution is -2.51. The molecule has 0 radical (unpaired) electrons. The Kier molecular flexibility index (Phi) is 9.97. The summed E-state index contributed by atoms with van der Waals surface area (Å²) in [7, 11) is -4.09. The fraction of sp³-hybridized carbons (Fsp3) is 0.480. The summed E-state index contributed by atoms with van der Waals surface area (Å²) >= 11 is 0. The number of nitro benzene ring substituents is 1. The van der Waals surface area contributed by atoms with E-state index in [1.165, 1.54) is 12.1 Å². The van der Waals surface area contributed by atoms with E-state index in [0.29, 0.717) is 0 Å². The standard InChI is InChI=1S/C25H35N3O7S/c1-18(2)16-27(36(33,34)21-13-11-20(12-14-21)28(31)32)17-23(29)22(15-19-9-7-6-8-10-19)26-24(30)35-25(3,4)5/h6-14,18,22-23,29H,15-17H2,1-5H3,(H,26,30)/t22?,23-/m1/s1. The summed E-state index contributed by atoms with van der Waals surface area (Å²) < 4.78 is 33.3. The quantitative estimate of drug-likeness (QED) is 0.339. The van der Waals surface area contributed by atoms with E-state index in [4.69, 9.17) is 4.74 Å². The first-order chi connectivity index (χ1) is 16.7. The van der Waals surface area contributed by atoms with Gasteiger partial charge in [-0.2, -0.15) is 4.31 Å². The second-order valence-corrected chi connectivity index (χ2v) is 11.9. The first kappa shape index (κ1) is 29.2. The molecule has 0 aliphatic heterocycles. The fourth-order valence-corrected chi connectivity index (χ4v) is 5.13. The zero-order chi connectivity index (χ0) is 27.1. The Bertz CT molecular complexity index is 1110. The first-order valence-corrected chi connectivity index (χ1v) is 13.1. The second kappa shape index (κ2) is 12.3. The molecule has 198 valence electrons. The maximum Gasteiger partial charge on any atom is 0.407 e. The first-order valence-electron chi connectivity index (χ1n) is 11.6. The number of rotatable bonds is 11. The van der Waals surface area contributed by atoms with E-state index in [9.17, 15) is 28.4 Å². The number of alkyl carbamates (subject to hydrolysis) is 1. The van der Waals surface area contributed by atoms with Gasteiger partial charge in [-0.3, -0.25) is 10.1 Å². The third-order valence-electron chi connectivity index (χ3n) is 5.11. The molecule has 0 spiro atoms. The summed E-state index contributed by atoms with van der Waals surface area (Å²) in [5.74, 6) is -0.0728. The van der Waals surface area contributed by atoms with Crippen molar-refractivity contribution in [1.29, 1.82) is 0 Å². The maximum absolute atomic E-state index is 13.4. The number of amides is 1. The summed E-state index contributed by atoms with van der Waals surface area (Å²) in [5, 5.41) is 24.8. The highest BCUT2D eigenvalue weighted by Gasteiger charge is 2.32. The third-order valence-corrected chi connectivity index (χ3v) is 6.96. The van der Waals surface area contributed by atoms with Crippen LogP contribution in [-0.2, 0) is 21.2 Å². The fourth-order valence-electron chi connectivity index (χ4n) is 3.51. The molecule has 0 aliphatic rings. The largest absolute Gasteiger partial charge is 0.444 e. The molecule has 2 aromatic carbocycles. The van der Waals surface area contributed by atoms with Crippen LogP contribution in [0.15, 0.2) is 59.5 Å². The average molecular weight is 522 g/mol. The average Bonchev–Trinajstić information content (AvgIpc) is 2.77. The molecule has 0 bridgehead atoms. The molecule has 0 heterocycles. The lowest BCUT2D eigenvalue weighted by atomic mass is 10.0. The van der Waals surface area contributed by atoms with Gasteiger partial charge in [0.15, 0.2) is 0 Å². The Hall–Kier alpha value is -3.02. The molecule has 0 aromatic heterocycles. The predicted molar refractivity (Wildman–Crippen MR) is 136 cm³/mol. The van der Waals surface area contributed by atoms with Crippen LogP contribution in [0, 0.1) is 16.0 Å².